The molecule has 202 valence electrons. The third-order valence-corrected chi connectivity index (χ3v) is 8.89. The number of nitrogens with zero attached hydrogens (tertiary/aromatic N) is 2. The number of piperazine rings is 1. The summed E-state index contributed by atoms with van der Waals surface area (Å²) in [5, 5.41) is 0. The fourth-order valence-corrected chi connectivity index (χ4v) is 6.54. The van der Waals surface area contributed by atoms with Crippen LogP contribution >= 0.6 is 11.8 Å². The molecule has 0 saturated carbocycles. The van der Waals surface area contributed by atoms with Gasteiger partial charge in [-0.3, -0.25) is 14.6 Å². The number of carbonyl (C=O) groups excluding carboxylic acids is 1. The van der Waals surface area contributed by atoms with Gasteiger partial charge < -0.3 is 9.47 Å². The zero-order chi connectivity index (χ0) is 25.9. The van der Waals surface area contributed by atoms with Crippen LogP contribution < -0.4 is 4.74 Å². The molecule has 37 heavy (non-hydrogen) atoms. The molecule has 0 spiro atoms. The number of hydrogen-bond acceptors (Lipinski definition) is 6. The first-order chi connectivity index (χ1) is 18.2. The highest BCUT2D eigenvalue weighted by molar-refractivity contribution is 7.99. The van der Waals surface area contributed by atoms with Gasteiger partial charge in [-0.1, -0.05) is 75.4 Å². The predicted molar refractivity (Wildman–Crippen MR) is 152 cm³/mol. The highest BCUT2D eigenvalue weighted by atomic mass is 32.2. The number of unbranched alkanes of at least 4 members (excludes halogenated alkanes) is 6. The lowest BCUT2D eigenvalue weighted by Gasteiger charge is -2.39. The van der Waals surface area contributed by atoms with Crippen molar-refractivity contribution in [2.45, 2.75) is 80.5 Å². The van der Waals surface area contributed by atoms with Gasteiger partial charge in [-0.25, -0.2) is 0 Å². The van der Waals surface area contributed by atoms with Gasteiger partial charge in [0, 0.05) is 55.0 Å². The minimum atomic E-state index is -0.0348. The maximum absolute atomic E-state index is 12.1. The number of esters is 1. The largest absolute Gasteiger partial charge is 0.497 e. The molecule has 6 heteroatoms. The third kappa shape index (κ3) is 8.23. The fourth-order valence-electron chi connectivity index (χ4n) is 5.43. The summed E-state index contributed by atoms with van der Waals surface area (Å²) in [6, 6.07) is 15.7. The number of hydrogen-bond donors (Lipinski definition) is 0. The van der Waals surface area contributed by atoms with Gasteiger partial charge in [-0.2, -0.15) is 0 Å². The molecule has 2 aromatic rings. The van der Waals surface area contributed by atoms with Gasteiger partial charge in [0.25, 0.3) is 0 Å². The molecule has 5 nitrogen and oxygen atoms in total. The topological polar surface area (TPSA) is 42.0 Å². The number of benzene rings is 2. The van der Waals surface area contributed by atoms with E-state index in [1.807, 2.05) is 11.8 Å². The van der Waals surface area contributed by atoms with E-state index in [2.05, 4.69) is 59.2 Å². The summed E-state index contributed by atoms with van der Waals surface area (Å²) in [4.78, 5) is 19.9. The minimum absolute atomic E-state index is 0.0348. The van der Waals surface area contributed by atoms with E-state index in [4.69, 9.17) is 9.47 Å². The van der Waals surface area contributed by atoms with Crippen LogP contribution in [0.1, 0.15) is 75.5 Å². The van der Waals surface area contributed by atoms with Gasteiger partial charge >= 0.3 is 5.97 Å². The van der Waals surface area contributed by atoms with Gasteiger partial charge in [0.05, 0.1) is 7.11 Å². The molecule has 2 heterocycles. The molecule has 1 unspecified atom stereocenters. The number of methoxy groups -OCH3 is 1. The molecule has 0 aromatic heterocycles. The van der Waals surface area contributed by atoms with Crippen molar-refractivity contribution < 1.29 is 14.3 Å². The van der Waals surface area contributed by atoms with E-state index >= 15 is 0 Å². The van der Waals surface area contributed by atoms with Crippen molar-refractivity contribution in [3.63, 3.8) is 0 Å². The molecular formula is C31H44N2O3S. The monoisotopic (exact) mass is 524 g/mol. The summed E-state index contributed by atoms with van der Waals surface area (Å²) in [6.07, 6.45) is 10.1. The standard InChI is InChI=1S/C31H44N2O3S/c1-3-4-5-6-7-8-9-14-31(34)36-22-21-32-17-19-33(20-18-32)28-23-25-12-10-11-13-29(25)37-30-16-15-26(35-2)24-27(28)30/h10-13,15-16,24,28H,3-9,14,17-23H2,1-2H3. The fraction of sp³-hybridized carbons (Fsp3) is 0.581. The summed E-state index contributed by atoms with van der Waals surface area (Å²) in [5.74, 6) is 0.889. The third-order valence-electron chi connectivity index (χ3n) is 7.68. The van der Waals surface area contributed by atoms with Gasteiger partial charge in [0.2, 0.25) is 0 Å². The minimum Gasteiger partial charge on any atom is -0.497 e. The second-order valence-electron chi connectivity index (χ2n) is 10.3. The number of rotatable bonds is 13. The molecule has 0 bridgehead atoms. The zero-order valence-corrected chi connectivity index (χ0v) is 23.6. The summed E-state index contributed by atoms with van der Waals surface area (Å²) < 4.78 is 11.1. The van der Waals surface area contributed by atoms with E-state index < -0.39 is 0 Å². The lowest BCUT2D eigenvalue weighted by Crippen LogP contribution is -2.48. The summed E-state index contributed by atoms with van der Waals surface area (Å²) in [7, 11) is 1.75. The van der Waals surface area contributed by atoms with Crippen molar-refractivity contribution >= 4 is 17.7 Å². The molecule has 0 N–H and O–H groups in total. The van der Waals surface area contributed by atoms with Crippen molar-refractivity contribution in [1.29, 1.82) is 0 Å². The van der Waals surface area contributed by atoms with Crippen molar-refractivity contribution in [3.05, 3.63) is 53.6 Å². The van der Waals surface area contributed by atoms with Gasteiger partial charge in [-0.15, -0.1) is 0 Å². The second-order valence-corrected chi connectivity index (χ2v) is 11.4. The van der Waals surface area contributed by atoms with Gasteiger partial charge in [-0.05, 0) is 48.2 Å². The summed E-state index contributed by atoms with van der Waals surface area (Å²) in [6.45, 7) is 7.59. The quantitative estimate of drug-likeness (QED) is 0.213. The zero-order valence-electron chi connectivity index (χ0n) is 22.8. The maximum atomic E-state index is 12.1. The van der Waals surface area contributed by atoms with Gasteiger partial charge in [0.15, 0.2) is 0 Å². The lowest BCUT2D eigenvalue weighted by molar-refractivity contribution is -0.144. The Hall–Kier alpha value is -2.02. The molecule has 2 aliphatic rings. The van der Waals surface area contributed by atoms with Crippen molar-refractivity contribution in [2.75, 3.05) is 46.4 Å². The van der Waals surface area contributed by atoms with Crippen LogP contribution in [0, 0.1) is 0 Å². The van der Waals surface area contributed by atoms with Crippen LogP contribution in [0.2, 0.25) is 0 Å². The number of ether oxygens (including phenoxy) is 2. The van der Waals surface area contributed by atoms with E-state index in [9.17, 15) is 4.79 Å². The highest BCUT2D eigenvalue weighted by Gasteiger charge is 2.30. The molecular weight excluding hydrogens is 480 g/mol. The Bertz CT molecular complexity index is 990. The lowest BCUT2D eigenvalue weighted by atomic mass is 9.96. The average molecular weight is 525 g/mol. The van der Waals surface area contributed by atoms with E-state index in [0.29, 0.717) is 19.1 Å². The van der Waals surface area contributed by atoms with Crippen LogP contribution in [0.5, 0.6) is 5.75 Å². The van der Waals surface area contributed by atoms with Crippen LogP contribution in [0.3, 0.4) is 0 Å². The molecule has 0 aliphatic carbocycles. The molecule has 0 amide bonds. The second kappa shape index (κ2) is 14.8. The number of carbonyl (C=O) groups is 1. The van der Waals surface area contributed by atoms with E-state index in [0.717, 1.165) is 57.7 Å². The van der Waals surface area contributed by atoms with E-state index in [1.54, 1.807) is 7.11 Å². The SMILES string of the molecule is CCCCCCCCCC(=O)OCCN1CCN(C2Cc3ccccc3Sc3ccc(OC)cc32)CC1. The van der Waals surface area contributed by atoms with Crippen LogP contribution in [-0.2, 0) is 16.0 Å². The van der Waals surface area contributed by atoms with Crippen molar-refractivity contribution in [3.8, 4) is 5.75 Å². The smallest absolute Gasteiger partial charge is 0.305 e. The van der Waals surface area contributed by atoms with Gasteiger partial charge in [0.1, 0.15) is 12.4 Å². The average Bonchev–Trinajstić information content (AvgIpc) is 3.09. The normalized spacial score (nSPS) is 18.1. The molecule has 1 fully saturated rings. The Morgan fingerprint density at radius 1 is 0.946 bits per heavy atom. The Morgan fingerprint density at radius 2 is 1.70 bits per heavy atom. The molecule has 1 saturated heterocycles. The molecule has 2 aliphatic heterocycles. The number of fused-ring (bicyclic) bond motifs is 2. The van der Waals surface area contributed by atoms with E-state index in [-0.39, 0.29) is 5.97 Å². The van der Waals surface area contributed by atoms with Crippen LogP contribution in [0.25, 0.3) is 0 Å². The Morgan fingerprint density at radius 3 is 2.49 bits per heavy atom. The van der Waals surface area contributed by atoms with Crippen LogP contribution in [-0.4, -0.2) is 62.2 Å². The van der Waals surface area contributed by atoms with Crippen LogP contribution in [0.4, 0.5) is 0 Å². The summed E-state index contributed by atoms with van der Waals surface area (Å²) in [5.41, 5.74) is 2.79. The van der Waals surface area contributed by atoms with Crippen molar-refractivity contribution in [2.24, 2.45) is 0 Å². The van der Waals surface area contributed by atoms with Crippen LogP contribution in [0.15, 0.2) is 52.3 Å². The highest BCUT2D eigenvalue weighted by Crippen LogP contribution is 2.44. The Labute approximate surface area is 227 Å². The predicted octanol–water partition coefficient (Wildman–Crippen LogP) is 6.75. The summed E-state index contributed by atoms with van der Waals surface area (Å²) >= 11 is 1.87. The molecule has 4 rings (SSSR count). The first-order valence-electron chi connectivity index (χ1n) is 14.2. The first-order valence-corrected chi connectivity index (χ1v) is 15.0. The van der Waals surface area contributed by atoms with Crippen molar-refractivity contribution in [1.82, 2.24) is 9.80 Å². The maximum Gasteiger partial charge on any atom is 0.305 e. The molecule has 0 radical (unpaired) electrons. The molecule has 2 aromatic carbocycles. The first kappa shape index (κ1) is 28.0. The Kier molecular flexibility index (Phi) is 11.2. The van der Waals surface area contributed by atoms with E-state index in [1.165, 1.54) is 53.0 Å². The Balaban J connectivity index is 1.23. The molecule has 1 atom stereocenters.